The lowest BCUT2D eigenvalue weighted by atomic mass is 10.4. The van der Waals surface area contributed by atoms with Crippen molar-refractivity contribution in [2.24, 2.45) is 5.92 Å². The van der Waals surface area contributed by atoms with Crippen molar-refractivity contribution in [2.45, 2.75) is 19.4 Å². The number of hydrogen-bond acceptors (Lipinski definition) is 5. The molecule has 0 unspecified atom stereocenters. The highest BCUT2D eigenvalue weighted by atomic mass is 32.1. The molecule has 0 aliphatic heterocycles. The Labute approximate surface area is 119 Å². The van der Waals surface area contributed by atoms with Gasteiger partial charge < -0.3 is 15.6 Å². The first kappa shape index (κ1) is 13.3. The maximum atomic E-state index is 11.8. The summed E-state index contributed by atoms with van der Waals surface area (Å²) in [5.41, 5.74) is 0.640. The summed E-state index contributed by atoms with van der Waals surface area (Å²) in [6.45, 7) is 1.74. The molecule has 6 nitrogen and oxygen atoms in total. The molecule has 20 heavy (non-hydrogen) atoms. The Hall–Kier alpha value is -1.73. The molecule has 106 valence electrons. The number of fused-ring (bicyclic) bond motifs is 1. The Morgan fingerprint density at radius 1 is 1.45 bits per heavy atom. The number of amides is 1. The molecule has 2 aromatic heterocycles. The van der Waals surface area contributed by atoms with Crippen LogP contribution >= 0.6 is 11.3 Å². The number of H-pyrrole nitrogens is 1. The van der Waals surface area contributed by atoms with Crippen LogP contribution in [-0.4, -0.2) is 29.0 Å². The van der Waals surface area contributed by atoms with E-state index in [1.54, 1.807) is 0 Å². The molecule has 1 saturated carbocycles. The topological polar surface area (TPSA) is 86.9 Å². The van der Waals surface area contributed by atoms with Crippen molar-refractivity contribution in [1.29, 1.82) is 0 Å². The molecule has 0 atom stereocenters. The van der Waals surface area contributed by atoms with Gasteiger partial charge in [0.05, 0.1) is 12.1 Å². The summed E-state index contributed by atoms with van der Waals surface area (Å²) >= 11 is 1.39. The van der Waals surface area contributed by atoms with Gasteiger partial charge in [-0.05, 0) is 24.3 Å². The summed E-state index contributed by atoms with van der Waals surface area (Å²) in [5, 5.41) is 7.89. The van der Waals surface area contributed by atoms with Gasteiger partial charge in [0.1, 0.15) is 10.5 Å². The van der Waals surface area contributed by atoms with Gasteiger partial charge in [0.25, 0.3) is 5.56 Å². The maximum Gasteiger partial charge on any atom is 0.268 e. The first-order valence-electron chi connectivity index (χ1n) is 6.69. The highest BCUT2D eigenvalue weighted by Gasteiger charge is 2.28. The number of thiophene rings is 1. The smallest absolute Gasteiger partial charge is 0.268 e. The Bertz CT molecular complexity index is 674. The van der Waals surface area contributed by atoms with Gasteiger partial charge in [0.2, 0.25) is 5.91 Å². The molecule has 2 aromatic rings. The third kappa shape index (κ3) is 3.05. The van der Waals surface area contributed by atoms with Crippen LogP contribution in [0.4, 0.5) is 0 Å². The minimum atomic E-state index is -0.0937. The van der Waals surface area contributed by atoms with E-state index in [2.05, 4.69) is 20.6 Å². The number of nitrogens with zero attached hydrogens (tertiary/aromatic N) is 1. The second-order valence-electron chi connectivity index (χ2n) is 4.89. The number of carbonyl (C=O) groups is 1. The Morgan fingerprint density at radius 2 is 2.30 bits per heavy atom. The molecule has 7 heteroatoms. The number of aromatic amines is 1. The average molecular weight is 292 g/mol. The van der Waals surface area contributed by atoms with Gasteiger partial charge in [-0.2, -0.15) is 0 Å². The SMILES string of the molecule is O=C(NCCNCc1nc2ccsc2c(=O)[nH]1)C1CC1. The molecule has 2 heterocycles. The van der Waals surface area contributed by atoms with Gasteiger partial charge in [-0.3, -0.25) is 9.59 Å². The molecule has 1 aliphatic rings. The fraction of sp³-hybridized carbons (Fsp3) is 0.462. The molecule has 1 aliphatic carbocycles. The van der Waals surface area contributed by atoms with Crippen molar-refractivity contribution >= 4 is 27.5 Å². The van der Waals surface area contributed by atoms with Crippen molar-refractivity contribution < 1.29 is 4.79 Å². The largest absolute Gasteiger partial charge is 0.355 e. The van der Waals surface area contributed by atoms with Crippen LogP contribution in [0.1, 0.15) is 18.7 Å². The monoisotopic (exact) mass is 292 g/mol. The van der Waals surface area contributed by atoms with Gasteiger partial charge in [0, 0.05) is 19.0 Å². The summed E-state index contributed by atoms with van der Waals surface area (Å²) in [6, 6.07) is 1.84. The lowest BCUT2D eigenvalue weighted by Crippen LogP contribution is -2.33. The fourth-order valence-corrected chi connectivity index (χ4v) is 2.70. The number of nitrogens with one attached hydrogen (secondary N) is 3. The van der Waals surface area contributed by atoms with Crippen LogP contribution in [0.3, 0.4) is 0 Å². The molecular weight excluding hydrogens is 276 g/mol. The molecule has 0 saturated heterocycles. The summed E-state index contributed by atoms with van der Waals surface area (Å²) in [6.07, 6.45) is 2.04. The first-order chi connectivity index (χ1) is 9.74. The van der Waals surface area contributed by atoms with Crippen molar-refractivity contribution in [2.75, 3.05) is 13.1 Å². The van der Waals surface area contributed by atoms with Crippen LogP contribution in [0.25, 0.3) is 10.2 Å². The molecular formula is C13H16N4O2S. The highest BCUT2D eigenvalue weighted by molar-refractivity contribution is 7.17. The van der Waals surface area contributed by atoms with Crippen LogP contribution in [0.15, 0.2) is 16.2 Å². The van der Waals surface area contributed by atoms with E-state index >= 15 is 0 Å². The van der Waals surface area contributed by atoms with Crippen LogP contribution in [0.2, 0.25) is 0 Å². The Morgan fingerprint density at radius 3 is 3.10 bits per heavy atom. The fourth-order valence-electron chi connectivity index (χ4n) is 1.98. The zero-order valence-corrected chi connectivity index (χ0v) is 11.8. The van der Waals surface area contributed by atoms with Gasteiger partial charge in [0.15, 0.2) is 0 Å². The summed E-state index contributed by atoms with van der Waals surface area (Å²) in [5.74, 6) is 1.02. The molecule has 0 aromatic carbocycles. The molecule has 0 spiro atoms. The number of carbonyl (C=O) groups excluding carboxylic acids is 1. The van der Waals surface area contributed by atoms with Crippen molar-refractivity contribution in [3.8, 4) is 0 Å². The zero-order chi connectivity index (χ0) is 13.9. The lowest BCUT2D eigenvalue weighted by molar-refractivity contribution is -0.122. The number of rotatable bonds is 6. The van der Waals surface area contributed by atoms with E-state index in [1.807, 2.05) is 11.4 Å². The Balaban J connectivity index is 1.47. The second-order valence-corrected chi connectivity index (χ2v) is 5.81. The van der Waals surface area contributed by atoms with Crippen LogP contribution in [0, 0.1) is 5.92 Å². The van der Waals surface area contributed by atoms with Crippen LogP contribution in [0.5, 0.6) is 0 Å². The number of hydrogen-bond donors (Lipinski definition) is 3. The quantitative estimate of drug-likeness (QED) is 0.681. The van der Waals surface area contributed by atoms with E-state index in [0.717, 1.165) is 18.4 Å². The Kier molecular flexibility index (Phi) is 3.79. The highest BCUT2D eigenvalue weighted by Crippen LogP contribution is 2.28. The van der Waals surface area contributed by atoms with E-state index in [0.29, 0.717) is 30.2 Å². The van der Waals surface area contributed by atoms with Crippen molar-refractivity contribution in [1.82, 2.24) is 20.6 Å². The van der Waals surface area contributed by atoms with E-state index in [4.69, 9.17) is 0 Å². The molecule has 1 fully saturated rings. The molecule has 0 bridgehead atoms. The van der Waals surface area contributed by atoms with Crippen LogP contribution in [-0.2, 0) is 11.3 Å². The van der Waals surface area contributed by atoms with E-state index < -0.39 is 0 Å². The minimum absolute atomic E-state index is 0.0937. The van der Waals surface area contributed by atoms with Crippen LogP contribution < -0.4 is 16.2 Å². The summed E-state index contributed by atoms with van der Waals surface area (Å²) in [7, 11) is 0. The predicted molar refractivity (Wildman–Crippen MR) is 77.7 cm³/mol. The minimum Gasteiger partial charge on any atom is -0.355 e. The lowest BCUT2D eigenvalue weighted by Gasteiger charge is -2.06. The average Bonchev–Trinajstić information content (AvgIpc) is 3.17. The van der Waals surface area contributed by atoms with Crippen molar-refractivity contribution in [3.63, 3.8) is 0 Å². The number of aromatic nitrogens is 2. The first-order valence-corrected chi connectivity index (χ1v) is 7.57. The second kappa shape index (κ2) is 5.72. The normalized spacial score (nSPS) is 14.6. The summed E-state index contributed by atoms with van der Waals surface area (Å²) in [4.78, 5) is 30.3. The molecule has 3 rings (SSSR count). The molecule has 1 amide bonds. The van der Waals surface area contributed by atoms with Gasteiger partial charge in [-0.1, -0.05) is 0 Å². The molecule has 0 radical (unpaired) electrons. The van der Waals surface area contributed by atoms with Gasteiger partial charge in [-0.15, -0.1) is 11.3 Å². The van der Waals surface area contributed by atoms with Gasteiger partial charge >= 0.3 is 0 Å². The molecule has 3 N–H and O–H groups in total. The third-order valence-electron chi connectivity index (χ3n) is 3.21. The third-order valence-corrected chi connectivity index (χ3v) is 4.11. The predicted octanol–water partition coefficient (Wildman–Crippen LogP) is 0.600. The van der Waals surface area contributed by atoms with E-state index in [9.17, 15) is 9.59 Å². The van der Waals surface area contributed by atoms with Crippen molar-refractivity contribution in [3.05, 3.63) is 27.6 Å². The standard InChI is InChI=1S/C13H16N4O2S/c18-12(8-1-2-8)15-5-4-14-7-10-16-9-3-6-20-11(9)13(19)17-10/h3,6,8,14H,1-2,4-5,7H2,(H,15,18)(H,16,17,19). The summed E-state index contributed by atoms with van der Waals surface area (Å²) < 4.78 is 0.658. The maximum absolute atomic E-state index is 11.8. The van der Waals surface area contributed by atoms with Gasteiger partial charge in [-0.25, -0.2) is 4.98 Å². The van der Waals surface area contributed by atoms with E-state index in [-0.39, 0.29) is 17.4 Å². The zero-order valence-electron chi connectivity index (χ0n) is 10.9. The van der Waals surface area contributed by atoms with E-state index in [1.165, 1.54) is 11.3 Å².